The Hall–Kier alpha value is -5.84. The molecule has 0 N–H and O–H groups in total. The zero-order valence-corrected chi connectivity index (χ0v) is 45.1. The molecule has 1 aromatic heterocycles. The van der Waals surface area contributed by atoms with E-state index in [4.69, 9.17) is 0 Å². The number of fused-ring (bicyclic) bond motifs is 8. The highest BCUT2D eigenvalue weighted by Crippen LogP contribution is 2.54. The summed E-state index contributed by atoms with van der Waals surface area (Å²) in [6, 6.07) is 57.6. The highest BCUT2D eigenvalue weighted by atomic mass is 32.1. The van der Waals surface area contributed by atoms with Crippen LogP contribution in [0.4, 0.5) is 33.4 Å². The minimum absolute atomic E-state index is 0.0100. The van der Waals surface area contributed by atoms with E-state index in [1.54, 1.807) is 11.1 Å². The largest absolute Gasteiger partial charge is 0.311 e. The van der Waals surface area contributed by atoms with Crippen molar-refractivity contribution in [1.82, 2.24) is 0 Å². The van der Waals surface area contributed by atoms with Crippen LogP contribution >= 0.6 is 11.3 Å². The highest BCUT2D eigenvalue weighted by molar-refractivity contribution is 7.26. The van der Waals surface area contributed by atoms with Crippen molar-refractivity contribution in [3.05, 3.63) is 196 Å². The molecule has 12 rings (SSSR count). The molecule has 0 spiro atoms. The number of rotatable bonds is 5. The lowest BCUT2D eigenvalue weighted by atomic mass is 9.33. The average Bonchev–Trinajstić information content (AvgIpc) is 3.72. The van der Waals surface area contributed by atoms with Gasteiger partial charge in [0.25, 0.3) is 6.71 Å². The molecule has 71 heavy (non-hydrogen) atoms. The molecule has 0 bridgehead atoms. The first-order valence-electron chi connectivity index (χ1n) is 26.7. The third-order valence-electron chi connectivity index (χ3n) is 17.6. The van der Waals surface area contributed by atoms with Crippen molar-refractivity contribution in [2.45, 2.75) is 148 Å². The summed E-state index contributed by atoms with van der Waals surface area (Å²) in [5.74, 6) is 1.09. The minimum Gasteiger partial charge on any atom is -0.311 e. The van der Waals surface area contributed by atoms with Gasteiger partial charge in [0.15, 0.2) is 0 Å². The van der Waals surface area contributed by atoms with E-state index in [0.717, 1.165) is 0 Å². The van der Waals surface area contributed by atoms with Gasteiger partial charge in [-0.3, -0.25) is 0 Å². The quantitative estimate of drug-likeness (QED) is 0.125. The number of nitrogens with zero attached hydrogens (tertiary/aromatic N) is 2. The molecular weight excluding hydrogens is 876 g/mol. The second-order valence-corrected chi connectivity index (χ2v) is 26.4. The fraction of sp³-hybridized carbons (Fsp3) is 0.343. The van der Waals surface area contributed by atoms with Gasteiger partial charge in [-0.05, 0) is 180 Å². The van der Waals surface area contributed by atoms with Crippen LogP contribution < -0.4 is 26.2 Å². The van der Waals surface area contributed by atoms with E-state index in [1.165, 1.54) is 125 Å². The summed E-state index contributed by atoms with van der Waals surface area (Å²) in [5.41, 5.74) is 23.5. The third-order valence-corrected chi connectivity index (χ3v) is 18.7. The average molecular weight is 947 g/mol. The van der Waals surface area contributed by atoms with Crippen LogP contribution in [0.2, 0.25) is 0 Å². The second kappa shape index (κ2) is 16.3. The summed E-state index contributed by atoms with van der Waals surface area (Å²) in [7, 11) is 0. The van der Waals surface area contributed by atoms with E-state index < -0.39 is 0 Å². The standard InChI is InChI=1S/C67H71BN2S/c1-41-23-24-42(2)51-38-59-52(37-50(41)51)61-63(71-59)70(49-31-27-47(28-32-49)65(6,7)8)58-36-45(60(43-19-15-13-16-20-43)44-21-17-14-18-22-44)35-57-62(58)68(61)55-39-53-54(67(11,12)34-33-66(53,9)10)40-56(55)69(57)48-29-25-46(26-30-48)64(3,4)5/h13-22,25-32,35-42,60H,23-24,33-34H2,1-12H3. The van der Waals surface area contributed by atoms with Gasteiger partial charge < -0.3 is 9.80 Å². The number of hydrogen-bond donors (Lipinski definition) is 0. The summed E-state index contributed by atoms with van der Waals surface area (Å²) in [5, 5.41) is 2.79. The lowest BCUT2D eigenvalue weighted by Gasteiger charge is -2.47. The maximum atomic E-state index is 2.72. The molecular formula is C67H71BN2S. The molecule has 8 aromatic rings. The first-order chi connectivity index (χ1) is 33.8. The van der Waals surface area contributed by atoms with Crippen LogP contribution in [0.25, 0.3) is 10.1 Å². The van der Waals surface area contributed by atoms with Crippen molar-refractivity contribution < 1.29 is 0 Å². The highest BCUT2D eigenvalue weighted by Gasteiger charge is 2.48. The van der Waals surface area contributed by atoms with E-state index in [9.17, 15) is 0 Å². The predicted molar refractivity (Wildman–Crippen MR) is 308 cm³/mol. The van der Waals surface area contributed by atoms with Gasteiger partial charge in [0.1, 0.15) is 0 Å². The molecule has 358 valence electrons. The molecule has 4 aliphatic rings. The van der Waals surface area contributed by atoms with Crippen LogP contribution in [-0.4, -0.2) is 6.71 Å². The van der Waals surface area contributed by atoms with E-state index in [2.05, 4.69) is 238 Å². The zero-order chi connectivity index (χ0) is 49.5. The smallest absolute Gasteiger partial charge is 0.254 e. The van der Waals surface area contributed by atoms with Gasteiger partial charge in [-0.2, -0.15) is 0 Å². The molecule has 0 saturated heterocycles. The molecule has 2 nitrogen and oxygen atoms in total. The number of benzene rings is 7. The minimum atomic E-state index is 0.0100. The van der Waals surface area contributed by atoms with Gasteiger partial charge >= 0.3 is 0 Å². The van der Waals surface area contributed by atoms with Crippen LogP contribution in [0, 0.1) is 0 Å². The molecule has 2 aliphatic carbocycles. The molecule has 2 unspecified atom stereocenters. The summed E-state index contributed by atoms with van der Waals surface area (Å²) in [6.07, 6.45) is 4.83. The Balaban J connectivity index is 1.25. The predicted octanol–water partition coefficient (Wildman–Crippen LogP) is 17.1. The molecule has 2 aliphatic heterocycles. The molecule has 4 heteroatoms. The first kappa shape index (κ1) is 46.2. The lowest BCUT2D eigenvalue weighted by molar-refractivity contribution is 0.332. The molecule has 0 fully saturated rings. The van der Waals surface area contributed by atoms with Gasteiger partial charge in [-0.1, -0.05) is 180 Å². The van der Waals surface area contributed by atoms with Crippen molar-refractivity contribution in [2.75, 3.05) is 9.80 Å². The maximum absolute atomic E-state index is 2.72. The molecule has 0 saturated carbocycles. The van der Waals surface area contributed by atoms with E-state index >= 15 is 0 Å². The summed E-state index contributed by atoms with van der Waals surface area (Å²) < 4.78 is 1.41. The summed E-state index contributed by atoms with van der Waals surface area (Å²) in [6.45, 7) is 28.9. The van der Waals surface area contributed by atoms with Crippen LogP contribution in [0.3, 0.4) is 0 Å². The number of thiophene rings is 1. The Morgan fingerprint density at radius 1 is 0.521 bits per heavy atom. The Kier molecular flexibility index (Phi) is 10.6. The van der Waals surface area contributed by atoms with Crippen molar-refractivity contribution in [2.24, 2.45) is 0 Å². The van der Waals surface area contributed by atoms with Crippen molar-refractivity contribution in [1.29, 1.82) is 0 Å². The molecule has 3 heterocycles. The van der Waals surface area contributed by atoms with E-state index in [0.29, 0.717) is 11.8 Å². The fourth-order valence-corrected chi connectivity index (χ4v) is 14.4. The third kappa shape index (κ3) is 7.47. The van der Waals surface area contributed by atoms with E-state index in [1.807, 2.05) is 11.3 Å². The van der Waals surface area contributed by atoms with Crippen LogP contribution in [0.15, 0.2) is 146 Å². The Labute approximate surface area is 429 Å². The summed E-state index contributed by atoms with van der Waals surface area (Å²) in [4.78, 5) is 5.39. The summed E-state index contributed by atoms with van der Waals surface area (Å²) >= 11 is 2.02. The Bertz CT molecular complexity index is 3330. The number of hydrogen-bond acceptors (Lipinski definition) is 3. The van der Waals surface area contributed by atoms with Crippen LogP contribution in [0.1, 0.15) is 177 Å². The number of anilines is 6. The normalized spacial score (nSPS) is 18.7. The second-order valence-electron chi connectivity index (χ2n) is 25.3. The van der Waals surface area contributed by atoms with Crippen molar-refractivity contribution in [3.8, 4) is 0 Å². The van der Waals surface area contributed by atoms with Crippen molar-refractivity contribution in [3.63, 3.8) is 0 Å². The Morgan fingerprint density at radius 3 is 1.52 bits per heavy atom. The fourth-order valence-electron chi connectivity index (χ4n) is 13.1. The zero-order valence-electron chi connectivity index (χ0n) is 44.3. The van der Waals surface area contributed by atoms with Gasteiger partial charge in [0.2, 0.25) is 0 Å². The van der Waals surface area contributed by atoms with Gasteiger partial charge in [0, 0.05) is 39.1 Å². The van der Waals surface area contributed by atoms with E-state index in [-0.39, 0.29) is 34.3 Å². The molecule has 0 radical (unpaired) electrons. The Morgan fingerprint density at radius 2 is 1.00 bits per heavy atom. The molecule has 2 atom stereocenters. The van der Waals surface area contributed by atoms with Crippen LogP contribution in [0.5, 0.6) is 0 Å². The topological polar surface area (TPSA) is 6.48 Å². The van der Waals surface area contributed by atoms with Gasteiger partial charge in [-0.15, -0.1) is 11.3 Å². The van der Waals surface area contributed by atoms with Gasteiger partial charge in [-0.25, -0.2) is 0 Å². The SMILES string of the molecule is CC1CCC(C)c2cc3c4c(sc3cc21)N(c1ccc(C(C)(C)C)cc1)c1cc(C(c2ccccc2)c2ccccc2)cc2c1B4c1cc3c(cc1N2c1ccc(C(C)(C)C)cc1)C(C)(C)CCC3(C)C. The van der Waals surface area contributed by atoms with Crippen molar-refractivity contribution >= 4 is 78.0 Å². The lowest BCUT2D eigenvalue weighted by Crippen LogP contribution is -2.61. The monoisotopic (exact) mass is 947 g/mol. The molecule has 7 aromatic carbocycles. The molecule has 0 amide bonds. The van der Waals surface area contributed by atoms with Crippen LogP contribution in [-0.2, 0) is 21.7 Å². The van der Waals surface area contributed by atoms with Gasteiger partial charge in [0.05, 0.1) is 5.00 Å². The maximum Gasteiger partial charge on any atom is 0.254 e. The first-order valence-corrected chi connectivity index (χ1v) is 27.5.